The van der Waals surface area contributed by atoms with Crippen LogP contribution in [0.15, 0.2) is 29.2 Å². The van der Waals surface area contributed by atoms with Gasteiger partial charge in [0.25, 0.3) is 15.9 Å². The van der Waals surface area contributed by atoms with E-state index in [4.69, 9.17) is 9.57 Å². The fraction of sp³-hybridized carbons (Fsp3) is 0.562. The zero-order valence-electron chi connectivity index (χ0n) is 14.4. The van der Waals surface area contributed by atoms with Crippen molar-refractivity contribution in [1.29, 1.82) is 0 Å². The van der Waals surface area contributed by atoms with Crippen LogP contribution in [-0.2, 0) is 19.6 Å². The summed E-state index contributed by atoms with van der Waals surface area (Å²) in [5.74, 6) is -0.243. The number of hydrogen-bond acceptors (Lipinski definition) is 5. The van der Waals surface area contributed by atoms with Crippen LogP contribution in [0, 0.1) is 0 Å². The van der Waals surface area contributed by atoms with Crippen LogP contribution < -0.4 is 5.32 Å². The number of nitrogens with zero attached hydrogens (tertiary/aromatic N) is 1. The second-order valence-corrected chi connectivity index (χ2v) is 7.13. The highest BCUT2D eigenvalue weighted by Crippen LogP contribution is 2.15. The molecule has 24 heavy (non-hydrogen) atoms. The number of benzene rings is 1. The summed E-state index contributed by atoms with van der Waals surface area (Å²) in [5.41, 5.74) is 0.404. The number of unbranched alkanes of at least 4 members (excludes halogenated alkanes) is 1. The molecule has 1 aromatic carbocycles. The number of carbonyl (C=O) groups is 1. The van der Waals surface area contributed by atoms with E-state index >= 15 is 0 Å². The third-order valence-electron chi connectivity index (χ3n) is 3.40. The average molecular weight is 358 g/mol. The Balaban J connectivity index is 2.47. The summed E-state index contributed by atoms with van der Waals surface area (Å²) in [6, 6.07) is 5.72. The molecule has 0 heterocycles. The first-order valence-electron chi connectivity index (χ1n) is 7.92. The summed E-state index contributed by atoms with van der Waals surface area (Å²) < 4.78 is 30.3. The van der Waals surface area contributed by atoms with Crippen LogP contribution in [0.2, 0.25) is 0 Å². The first kappa shape index (κ1) is 20.6. The fourth-order valence-corrected chi connectivity index (χ4v) is 2.82. The predicted molar refractivity (Wildman–Crippen MR) is 91.1 cm³/mol. The summed E-state index contributed by atoms with van der Waals surface area (Å²) in [7, 11) is -1.13. The molecule has 0 aromatic heterocycles. The van der Waals surface area contributed by atoms with Crippen LogP contribution in [0.25, 0.3) is 0 Å². The number of nitrogens with one attached hydrogen (secondary N) is 1. The minimum Gasteiger partial charge on any atom is -0.381 e. The van der Waals surface area contributed by atoms with Gasteiger partial charge in [-0.25, -0.2) is 8.42 Å². The maximum Gasteiger partial charge on any atom is 0.264 e. The van der Waals surface area contributed by atoms with Gasteiger partial charge in [0.15, 0.2) is 0 Å². The molecule has 0 saturated carbocycles. The van der Waals surface area contributed by atoms with Gasteiger partial charge in [0, 0.05) is 32.4 Å². The molecule has 1 rings (SSSR count). The molecule has 1 N–H and O–H groups in total. The molecular weight excluding hydrogens is 332 g/mol. The van der Waals surface area contributed by atoms with Crippen LogP contribution in [-0.4, -0.2) is 52.7 Å². The lowest BCUT2D eigenvalue weighted by molar-refractivity contribution is -0.0258. The fourth-order valence-electron chi connectivity index (χ4n) is 1.85. The van der Waals surface area contributed by atoms with Gasteiger partial charge in [0.2, 0.25) is 0 Å². The minimum atomic E-state index is -3.70. The van der Waals surface area contributed by atoms with Crippen molar-refractivity contribution in [2.45, 2.75) is 31.1 Å². The Hall–Kier alpha value is -1.48. The molecule has 1 aromatic rings. The summed E-state index contributed by atoms with van der Waals surface area (Å²) in [6.07, 6.45) is 2.88. The molecular formula is C16H26N2O5S. The molecule has 0 aliphatic rings. The molecule has 0 unspecified atom stereocenters. The topological polar surface area (TPSA) is 84.9 Å². The van der Waals surface area contributed by atoms with Gasteiger partial charge in [-0.2, -0.15) is 0 Å². The molecule has 0 radical (unpaired) electrons. The van der Waals surface area contributed by atoms with Gasteiger partial charge in [-0.05, 0) is 37.1 Å². The van der Waals surface area contributed by atoms with Crippen LogP contribution in [0.4, 0.5) is 0 Å². The number of amides is 1. The van der Waals surface area contributed by atoms with Crippen molar-refractivity contribution in [1.82, 2.24) is 9.79 Å². The van der Waals surface area contributed by atoms with E-state index in [0.29, 0.717) is 18.7 Å². The molecule has 1 amide bonds. The third-order valence-corrected chi connectivity index (χ3v) is 5.10. The Bertz CT molecular complexity index is 601. The number of hydroxylamine groups is 1. The van der Waals surface area contributed by atoms with E-state index < -0.39 is 10.0 Å². The number of sulfonamides is 1. The lowest BCUT2D eigenvalue weighted by Gasteiger charge is -2.14. The lowest BCUT2D eigenvalue weighted by atomic mass is 10.2. The predicted octanol–water partition coefficient (Wildman–Crippen LogP) is 1.81. The SMILES string of the molecule is CCCCOCCCNC(=O)c1ccc(S(=O)(=O)N(C)OC)cc1. The van der Waals surface area contributed by atoms with Gasteiger partial charge in [0.1, 0.15) is 0 Å². The van der Waals surface area contributed by atoms with Crippen molar-refractivity contribution in [3.63, 3.8) is 0 Å². The van der Waals surface area contributed by atoms with Crippen LogP contribution in [0.3, 0.4) is 0 Å². The van der Waals surface area contributed by atoms with E-state index in [0.717, 1.165) is 30.3 Å². The highest BCUT2D eigenvalue weighted by atomic mass is 32.2. The molecule has 0 saturated heterocycles. The van der Waals surface area contributed by atoms with E-state index in [-0.39, 0.29) is 10.8 Å². The quantitative estimate of drug-likeness (QED) is 0.482. The first-order chi connectivity index (χ1) is 11.4. The second kappa shape index (κ2) is 10.4. The van der Waals surface area contributed by atoms with Crippen LogP contribution >= 0.6 is 0 Å². The van der Waals surface area contributed by atoms with E-state index in [1.807, 2.05) is 0 Å². The molecule has 136 valence electrons. The molecule has 0 fully saturated rings. The summed E-state index contributed by atoms with van der Waals surface area (Å²) in [5, 5.41) is 2.78. The molecule has 7 nitrogen and oxygen atoms in total. The van der Waals surface area contributed by atoms with E-state index in [1.54, 1.807) is 0 Å². The van der Waals surface area contributed by atoms with Crippen molar-refractivity contribution >= 4 is 15.9 Å². The van der Waals surface area contributed by atoms with Gasteiger partial charge in [0.05, 0.1) is 12.0 Å². The van der Waals surface area contributed by atoms with Gasteiger partial charge >= 0.3 is 0 Å². The third kappa shape index (κ3) is 6.20. The summed E-state index contributed by atoms with van der Waals surface area (Å²) in [4.78, 5) is 16.8. The monoisotopic (exact) mass is 358 g/mol. The van der Waals surface area contributed by atoms with Crippen molar-refractivity contribution < 1.29 is 22.8 Å². The Kier molecular flexibility index (Phi) is 8.91. The minimum absolute atomic E-state index is 0.0627. The van der Waals surface area contributed by atoms with Gasteiger partial charge < -0.3 is 10.1 Å². The average Bonchev–Trinajstić information content (AvgIpc) is 2.60. The highest BCUT2D eigenvalue weighted by Gasteiger charge is 2.20. The normalized spacial score (nSPS) is 11.7. The Morgan fingerprint density at radius 3 is 2.38 bits per heavy atom. The smallest absolute Gasteiger partial charge is 0.264 e. The Morgan fingerprint density at radius 2 is 1.79 bits per heavy atom. The molecule has 0 aliphatic heterocycles. The van der Waals surface area contributed by atoms with Crippen molar-refractivity contribution in [3.8, 4) is 0 Å². The zero-order valence-corrected chi connectivity index (χ0v) is 15.3. The zero-order chi connectivity index (χ0) is 18.0. The number of ether oxygens (including phenoxy) is 1. The van der Waals surface area contributed by atoms with Gasteiger partial charge in [-0.1, -0.05) is 17.8 Å². The van der Waals surface area contributed by atoms with Gasteiger partial charge in [-0.3, -0.25) is 9.63 Å². The number of hydrogen-bond donors (Lipinski definition) is 1. The summed E-state index contributed by atoms with van der Waals surface area (Å²) >= 11 is 0. The molecule has 0 spiro atoms. The Labute approximate surface area is 143 Å². The highest BCUT2D eigenvalue weighted by molar-refractivity contribution is 7.89. The second-order valence-electron chi connectivity index (χ2n) is 5.20. The van der Waals surface area contributed by atoms with E-state index in [1.165, 1.54) is 38.4 Å². The molecule has 0 aliphatic carbocycles. The van der Waals surface area contributed by atoms with Gasteiger partial charge in [-0.15, -0.1) is 0 Å². The van der Waals surface area contributed by atoms with Crippen LogP contribution in [0.5, 0.6) is 0 Å². The maximum absolute atomic E-state index is 12.0. The maximum atomic E-state index is 12.0. The standard InChI is InChI=1S/C16H26N2O5S/c1-4-5-12-23-13-6-11-17-16(19)14-7-9-15(10-8-14)24(20,21)18(2)22-3/h7-10H,4-6,11-13H2,1-3H3,(H,17,19). The number of carbonyl (C=O) groups excluding carboxylic acids is 1. The van der Waals surface area contributed by atoms with Crippen molar-refractivity contribution in [3.05, 3.63) is 29.8 Å². The molecule has 0 atom stereocenters. The molecule has 0 bridgehead atoms. The summed E-state index contributed by atoms with van der Waals surface area (Å²) in [6.45, 7) is 3.97. The Morgan fingerprint density at radius 1 is 1.17 bits per heavy atom. The first-order valence-corrected chi connectivity index (χ1v) is 9.36. The number of rotatable bonds is 11. The molecule has 8 heteroatoms. The lowest BCUT2D eigenvalue weighted by Crippen LogP contribution is -2.27. The van der Waals surface area contributed by atoms with Crippen molar-refractivity contribution in [2.24, 2.45) is 0 Å². The van der Waals surface area contributed by atoms with E-state index in [2.05, 4.69) is 12.2 Å². The largest absolute Gasteiger partial charge is 0.381 e. The van der Waals surface area contributed by atoms with E-state index in [9.17, 15) is 13.2 Å². The van der Waals surface area contributed by atoms with Crippen molar-refractivity contribution in [2.75, 3.05) is 33.9 Å². The van der Waals surface area contributed by atoms with Crippen LogP contribution in [0.1, 0.15) is 36.5 Å².